The molecule has 0 bridgehead atoms. The molecule has 0 saturated carbocycles. The molecule has 3 rings (SSSR count). The van der Waals surface area contributed by atoms with Crippen molar-refractivity contribution in [3.63, 3.8) is 0 Å². The highest BCUT2D eigenvalue weighted by Gasteiger charge is 2.49. The lowest BCUT2D eigenvalue weighted by molar-refractivity contribution is -0.117. The molecule has 25 heavy (non-hydrogen) atoms. The minimum atomic E-state index is -3.03. The fourth-order valence-electron chi connectivity index (χ4n) is 3.23. The highest BCUT2D eigenvalue weighted by atomic mass is 32.2. The van der Waals surface area contributed by atoms with Crippen LogP contribution in [0.5, 0.6) is 0 Å². The van der Waals surface area contributed by atoms with E-state index in [1.54, 1.807) is 0 Å². The van der Waals surface area contributed by atoms with E-state index in [0.717, 1.165) is 24.1 Å². The van der Waals surface area contributed by atoms with Crippen molar-refractivity contribution in [1.29, 1.82) is 0 Å². The van der Waals surface area contributed by atoms with Crippen LogP contribution in [-0.4, -0.2) is 42.3 Å². The predicted molar refractivity (Wildman–Crippen MR) is 104 cm³/mol. The molecule has 0 spiro atoms. The van der Waals surface area contributed by atoms with Gasteiger partial charge in [-0.05, 0) is 43.5 Å². The van der Waals surface area contributed by atoms with E-state index >= 15 is 0 Å². The first-order valence-corrected chi connectivity index (χ1v) is 11.4. The third kappa shape index (κ3) is 3.92. The first kappa shape index (κ1) is 18.5. The Morgan fingerprint density at radius 2 is 2.04 bits per heavy atom. The standard InChI is InChI=1S/C18H24N2O3S2/c1-4-5-6-17(21)19-18-20(14-8-7-12(2)13(3)9-14)15-10-25(22,23)11-16(15)24-18/h7-9,15-16H,4-6,10-11H2,1-3H3. The Kier molecular flexibility index (Phi) is 5.25. The zero-order chi connectivity index (χ0) is 18.2. The van der Waals surface area contributed by atoms with Crippen LogP contribution < -0.4 is 4.90 Å². The van der Waals surface area contributed by atoms with Gasteiger partial charge in [-0.15, -0.1) is 0 Å². The molecule has 0 aliphatic carbocycles. The molecule has 2 aliphatic rings. The quantitative estimate of drug-likeness (QED) is 0.803. The number of sulfone groups is 1. The van der Waals surface area contributed by atoms with Crippen molar-refractivity contribution >= 4 is 38.4 Å². The molecule has 0 radical (unpaired) electrons. The number of nitrogens with zero attached hydrogens (tertiary/aromatic N) is 2. The van der Waals surface area contributed by atoms with Gasteiger partial charge in [0.25, 0.3) is 0 Å². The summed E-state index contributed by atoms with van der Waals surface area (Å²) in [6.07, 6.45) is 2.22. The first-order valence-electron chi connectivity index (χ1n) is 8.66. The molecule has 136 valence electrons. The summed E-state index contributed by atoms with van der Waals surface area (Å²) in [4.78, 5) is 18.5. The smallest absolute Gasteiger partial charge is 0.248 e. The normalized spacial score (nSPS) is 26.2. The minimum absolute atomic E-state index is 0.0515. The van der Waals surface area contributed by atoms with Crippen LogP contribution in [0.3, 0.4) is 0 Å². The summed E-state index contributed by atoms with van der Waals surface area (Å²) < 4.78 is 24.1. The van der Waals surface area contributed by atoms with E-state index in [-0.39, 0.29) is 28.7 Å². The van der Waals surface area contributed by atoms with Gasteiger partial charge in [0.1, 0.15) is 0 Å². The third-order valence-corrected chi connectivity index (χ3v) is 8.01. The number of hydrogen-bond donors (Lipinski definition) is 0. The summed E-state index contributed by atoms with van der Waals surface area (Å²) >= 11 is 1.43. The Morgan fingerprint density at radius 3 is 2.72 bits per heavy atom. The fraction of sp³-hybridized carbons (Fsp3) is 0.556. The highest BCUT2D eigenvalue weighted by Crippen LogP contribution is 2.41. The summed E-state index contributed by atoms with van der Waals surface area (Å²) in [5.74, 6) is 0.159. The molecule has 2 unspecified atom stereocenters. The Hall–Kier alpha value is -1.34. The molecule has 2 aliphatic heterocycles. The number of unbranched alkanes of at least 4 members (excludes halogenated alkanes) is 1. The molecule has 1 amide bonds. The number of amides is 1. The molecule has 2 fully saturated rings. The Bertz CT molecular complexity index is 818. The lowest BCUT2D eigenvalue weighted by Gasteiger charge is -2.25. The largest absolute Gasteiger partial charge is 0.316 e. The highest BCUT2D eigenvalue weighted by molar-refractivity contribution is 8.16. The van der Waals surface area contributed by atoms with Gasteiger partial charge in [0.05, 0.1) is 17.5 Å². The maximum absolute atomic E-state index is 12.2. The van der Waals surface area contributed by atoms with Crippen LogP contribution in [0, 0.1) is 13.8 Å². The van der Waals surface area contributed by atoms with E-state index < -0.39 is 9.84 Å². The number of amidine groups is 1. The van der Waals surface area contributed by atoms with Gasteiger partial charge in [-0.3, -0.25) is 4.79 Å². The van der Waals surface area contributed by atoms with Crippen molar-refractivity contribution < 1.29 is 13.2 Å². The number of rotatable bonds is 4. The number of carbonyl (C=O) groups is 1. The number of thioether (sulfide) groups is 1. The number of hydrogen-bond acceptors (Lipinski definition) is 4. The maximum Gasteiger partial charge on any atom is 0.248 e. The molecule has 2 saturated heterocycles. The zero-order valence-electron chi connectivity index (χ0n) is 14.9. The van der Waals surface area contributed by atoms with Crippen molar-refractivity contribution in [2.75, 3.05) is 16.4 Å². The van der Waals surface area contributed by atoms with Crippen molar-refractivity contribution in [2.45, 2.75) is 51.3 Å². The number of fused-ring (bicyclic) bond motifs is 1. The molecule has 1 aromatic carbocycles. The molecule has 0 aromatic heterocycles. The van der Waals surface area contributed by atoms with Crippen LogP contribution in [0.25, 0.3) is 0 Å². The molecular weight excluding hydrogens is 356 g/mol. The summed E-state index contributed by atoms with van der Waals surface area (Å²) in [6.45, 7) is 6.12. The van der Waals surface area contributed by atoms with Crippen LogP contribution in [0.15, 0.2) is 23.2 Å². The zero-order valence-corrected chi connectivity index (χ0v) is 16.5. The van der Waals surface area contributed by atoms with Gasteiger partial charge >= 0.3 is 0 Å². The second-order valence-electron chi connectivity index (χ2n) is 6.83. The second-order valence-corrected chi connectivity index (χ2v) is 10.2. The van der Waals surface area contributed by atoms with Crippen LogP contribution in [0.1, 0.15) is 37.3 Å². The third-order valence-electron chi connectivity index (χ3n) is 4.80. The number of carbonyl (C=O) groups excluding carboxylic acids is 1. The van der Waals surface area contributed by atoms with E-state index in [2.05, 4.69) is 11.1 Å². The van der Waals surface area contributed by atoms with E-state index in [1.807, 2.05) is 37.8 Å². The number of aryl methyl sites for hydroxylation is 2. The topological polar surface area (TPSA) is 66.8 Å². The summed E-state index contributed by atoms with van der Waals surface area (Å²) in [7, 11) is -3.03. The van der Waals surface area contributed by atoms with Crippen molar-refractivity contribution in [3.8, 4) is 0 Å². The van der Waals surface area contributed by atoms with Gasteiger partial charge in [0.15, 0.2) is 15.0 Å². The van der Waals surface area contributed by atoms with E-state index in [0.29, 0.717) is 11.6 Å². The monoisotopic (exact) mass is 380 g/mol. The molecule has 2 heterocycles. The van der Waals surface area contributed by atoms with Gasteiger partial charge in [0, 0.05) is 17.4 Å². The Morgan fingerprint density at radius 1 is 1.28 bits per heavy atom. The van der Waals surface area contributed by atoms with E-state index in [4.69, 9.17) is 0 Å². The molecule has 2 atom stereocenters. The van der Waals surface area contributed by atoms with Gasteiger partial charge in [0.2, 0.25) is 5.91 Å². The summed E-state index contributed by atoms with van der Waals surface area (Å²) in [5.41, 5.74) is 3.24. The van der Waals surface area contributed by atoms with Crippen LogP contribution in [-0.2, 0) is 14.6 Å². The number of aliphatic imine (C=N–C) groups is 1. The van der Waals surface area contributed by atoms with Crippen molar-refractivity contribution in [1.82, 2.24) is 0 Å². The molecule has 0 N–H and O–H groups in total. The van der Waals surface area contributed by atoms with Gasteiger partial charge in [-0.1, -0.05) is 31.2 Å². The molecule has 5 nitrogen and oxygen atoms in total. The Labute approximate surface area is 153 Å². The average Bonchev–Trinajstić information content (AvgIpc) is 2.99. The fourth-order valence-corrected chi connectivity index (χ4v) is 7.16. The van der Waals surface area contributed by atoms with Crippen LogP contribution in [0.2, 0.25) is 0 Å². The predicted octanol–water partition coefficient (Wildman–Crippen LogP) is 3.10. The van der Waals surface area contributed by atoms with Crippen LogP contribution >= 0.6 is 11.8 Å². The second kappa shape index (κ2) is 7.11. The summed E-state index contributed by atoms with van der Waals surface area (Å²) in [6, 6.07) is 5.93. The lowest BCUT2D eigenvalue weighted by Crippen LogP contribution is -2.37. The van der Waals surface area contributed by atoms with E-state index in [1.165, 1.54) is 17.3 Å². The average molecular weight is 381 g/mol. The van der Waals surface area contributed by atoms with Crippen LogP contribution in [0.4, 0.5) is 5.69 Å². The number of anilines is 1. The number of benzene rings is 1. The maximum atomic E-state index is 12.2. The summed E-state index contributed by atoms with van der Waals surface area (Å²) in [5, 5.41) is 0.596. The first-order chi connectivity index (χ1) is 11.8. The SMILES string of the molecule is CCCCC(=O)N=C1SC2CS(=O)(=O)CC2N1c1ccc(C)c(C)c1. The van der Waals surface area contributed by atoms with Crippen molar-refractivity contribution in [3.05, 3.63) is 29.3 Å². The molecule has 7 heteroatoms. The van der Waals surface area contributed by atoms with Gasteiger partial charge in [-0.2, -0.15) is 4.99 Å². The Balaban J connectivity index is 1.96. The molecular formula is C18H24N2O3S2. The minimum Gasteiger partial charge on any atom is -0.316 e. The van der Waals surface area contributed by atoms with Gasteiger partial charge < -0.3 is 4.90 Å². The van der Waals surface area contributed by atoms with Gasteiger partial charge in [-0.25, -0.2) is 8.42 Å². The van der Waals surface area contributed by atoms with E-state index in [9.17, 15) is 13.2 Å². The molecule has 1 aromatic rings. The lowest BCUT2D eigenvalue weighted by atomic mass is 10.1. The van der Waals surface area contributed by atoms with Crippen molar-refractivity contribution in [2.24, 2.45) is 4.99 Å².